The maximum atomic E-state index is 11.2. The zero-order valence-electron chi connectivity index (χ0n) is 9.81. The van der Waals surface area contributed by atoms with Crippen molar-refractivity contribution < 1.29 is 9.53 Å². The molecule has 0 aromatic carbocycles. The standard InChI is InChI=1S/C10H20BNO2/c1-5-8(11)6-7-12-9(13)14-10(2,3)4/h5H,6-7,11H2,1-4H3,(H,12,13)/b8-5+. The van der Waals surface area contributed by atoms with Crippen LogP contribution in [0, 0.1) is 0 Å². The normalized spacial score (nSPS) is 12.4. The minimum Gasteiger partial charge on any atom is -0.444 e. The molecule has 0 saturated heterocycles. The van der Waals surface area contributed by atoms with Gasteiger partial charge in [-0.2, -0.15) is 0 Å². The van der Waals surface area contributed by atoms with Crippen molar-refractivity contribution in [2.45, 2.75) is 39.7 Å². The number of hydrogen-bond donors (Lipinski definition) is 1. The molecular weight excluding hydrogens is 177 g/mol. The molecule has 0 bridgehead atoms. The van der Waals surface area contributed by atoms with Crippen LogP contribution < -0.4 is 5.32 Å². The third-order valence-electron chi connectivity index (χ3n) is 1.68. The smallest absolute Gasteiger partial charge is 0.407 e. The molecule has 80 valence electrons. The molecule has 14 heavy (non-hydrogen) atoms. The lowest BCUT2D eigenvalue weighted by molar-refractivity contribution is 0.0529. The average Bonchev–Trinajstić information content (AvgIpc) is 2.00. The van der Waals surface area contributed by atoms with Crippen LogP contribution >= 0.6 is 0 Å². The first-order chi connectivity index (χ1) is 6.35. The van der Waals surface area contributed by atoms with Crippen LogP contribution in [0.15, 0.2) is 11.5 Å². The maximum absolute atomic E-state index is 11.2. The van der Waals surface area contributed by atoms with Crippen molar-refractivity contribution in [3.63, 3.8) is 0 Å². The SMILES string of the molecule is B/C(=C/C)CCNC(=O)OC(C)(C)C. The van der Waals surface area contributed by atoms with Crippen molar-refractivity contribution in [1.82, 2.24) is 5.32 Å². The van der Waals surface area contributed by atoms with Gasteiger partial charge in [0.05, 0.1) is 0 Å². The van der Waals surface area contributed by atoms with Crippen LogP contribution in [0.2, 0.25) is 0 Å². The number of carbonyl (C=O) groups excluding carboxylic acids is 1. The number of carbonyl (C=O) groups is 1. The summed E-state index contributed by atoms with van der Waals surface area (Å²) in [5, 5.41) is 2.70. The van der Waals surface area contributed by atoms with Gasteiger partial charge in [0.2, 0.25) is 0 Å². The first-order valence-corrected chi connectivity index (χ1v) is 4.94. The van der Waals surface area contributed by atoms with Gasteiger partial charge in [0.1, 0.15) is 13.4 Å². The number of alkyl carbamates (subject to hydrolysis) is 1. The minimum atomic E-state index is -0.417. The molecular formula is C10H20BNO2. The third-order valence-corrected chi connectivity index (χ3v) is 1.68. The van der Waals surface area contributed by atoms with E-state index >= 15 is 0 Å². The van der Waals surface area contributed by atoms with E-state index in [1.165, 1.54) is 5.47 Å². The Labute approximate surface area is 87.3 Å². The highest BCUT2D eigenvalue weighted by Crippen LogP contribution is 2.06. The molecule has 0 aliphatic heterocycles. The summed E-state index contributed by atoms with van der Waals surface area (Å²) >= 11 is 0. The number of ether oxygens (including phenoxy) is 1. The van der Waals surface area contributed by atoms with Crippen molar-refractivity contribution in [2.24, 2.45) is 0 Å². The summed E-state index contributed by atoms with van der Waals surface area (Å²) in [6.07, 6.45) is 2.56. The number of rotatable bonds is 3. The lowest BCUT2D eigenvalue weighted by Gasteiger charge is -2.19. The highest BCUT2D eigenvalue weighted by Gasteiger charge is 2.15. The van der Waals surface area contributed by atoms with Gasteiger partial charge in [0, 0.05) is 6.54 Å². The number of nitrogens with one attached hydrogen (secondary N) is 1. The van der Waals surface area contributed by atoms with Gasteiger partial charge in [-0.25, -0.2) is 4.79 Å². The molecule has 0 fully saturated rings. The minimum absolute atomic E-state index is 0.346. The predicted molar refractivity (Wildman–Crippen MR) is 61.2 cm³/mol. The molecule has 0 heterocycles. The molecule has 1 amide bonds. The largest absolute Gasteiger partial charge is 0.444 e. The molecule has 0 aliphatic carbocycles. The second-order valence-electron chi connectivity index (χ2n) is 4.31. The lowest BCUT2D eigenvalue weighted by atomic mass is 9.92. The molecule has 0 aromatic rings. The fourth-order valence-corrected chi connectivity index (χ4v) is 0.820. The Hall–Kier alpha value is -0.925. The number of amides is 1. The van der Waals surface area contributed by atoms with Gasteiger partial charge in [-0.3, -0.25) is 0 Å². The number of allylic oxidation sites excluding steroid dienone is 1. The molecule has 0 aliphatic rings. The van der Waals surface area contributed by atoms with Crippen molar-refractivity contribution >= 4 is 13.9 Å². The summed E-state index contributed by atoms with van der Waals surface area (Å²) in [7, 11) is 2.04. The van der Waals surface area contributed by atoms with Crippen molar-refractivity contribution in [1.29, 1.82) is 0 Å². The molecule has 0 radical (unpaired) electrons. The Balaban J connectivity index is 3.66. The summed E-state index contributed by atoms with van der Waals surface area (Å²) in [4.78, 5) is 11.2. The maximum Gasteiger partial charge on any atom is 0.407 e. The van der Waals surface area contributed by atoms with E-state index in [9.17, 15) is 4.79 Å². The average molecular weight is 197 g/mol. The number of hydrogen-bond acceptors (Lipinski definition) is 2. The van der Waals surface area contributed by atoms with E-state index < -0.39 is 5.60 Å². The van der Waals surface area contributed by atoms with E-state index in [0.717, 1.165) is 6.42 Å². The second-order valence-corrected chi connectivity index (χ2v) is 4.31. The Morgan fingerprint density at radius 1 is 1.50 bits per heavy atom. The van der Waals surface area contributed by atoms with Crippen LogP contribution in [0.5, 0.6) is 0 Å². The van der Waals surface area contributed by atoms with Gasteiger partial charge in [-0.15, -0.1) is 5.47 Å². The highest BCUT2D eigenvalue weighted by molar-refractivity contribution is 6.21. The monoisotopic (exact) mass is 197 g/mol. The lowest BCUT2D eigenvalue weighted by Crippen LogP contribution is -2.33. The fourth-order valence-electron chi connectivity index (χ4n) is 0.820. The van der Waals surface area contributed by atoms with Crippen molar-refractivity contribution in [3.8, 4) is 0 Å². The van der Waals surface area contributed by atoms with E-state index in [4.69, 9.17) is 4.74 Å². The van der Waals surface area contributed by atoms with Gasteiger partial charge >= 0.3 is 6.09 Å². The zero-order chi connectivity index (χ0) is 11.2. The summed E-state index contributed by atoms with van der Waals surface area (Å²) in [6, 6.07) is 0. The van der Waals surface area contributed by atoms with E-state index in [1.54, 1.807) is 0 Å². The Bertz CT molecular complexity index is 219. The van der Waals surface area contributed by atoms with Gasteiger partial charge in [-0.05, 0) is 34.1 Å². The molecule has 1 N–H and O–H groups in total. The Kier molecular flexibility index (Phi) is 5.35. The van der Waals surface area contributed by atoms with E-state index in [0.29, 0.717) is 6.54 Å². The molecule has 0 rings (SSSR count). The van der Waals surface area contributed by atoms with Crippen molar-refractivity contribution in [3.05, 3.63) is 11.5 Å². The van der Waals surface area contributed by atoms with Crippen LogP contribution in [0.3, 0.4) is 0 Å². The second kappa shape index (κ2) is 5.73. The first kappa shape index (κ1) is 13.1. The zero-order valence-corrected chi connectivity index (χ0v) is 9.81. The topological polar surface area (TPSA) is 38.3 Å². The predicted octanol–water partition coefficient (Wildman–Crippen LogP) is 1.44. The van der Waals surface area contributed by atoms with Crippen LogP contribution in [0.4, 0.5) is 4.79 Å². The summed E-state index contributed by atoms with van der Waals surface area (Å²) in [5.41, 5.74) is 0.848. The molecule has 0 aromatic heterocycles. The fraction of sp³-hybridized carbons (Fsp3) is 0.700. The molecule has 0 spiro atoms. The Morgan fingerprint density at radius 2 is 2.07 bits per heavy atom. The first-order valence-electron chi connectivity index (χ1n) is 4.94. The molecule has 0 atom stereocenters. The molecule has 0 unspecified atom stereocenters. The third kappa shape index (κ3) is 7.71. The molecule has 3 nitrogen and oxygen atoms in total. The molecule has 4 heteroatoms. The van der Waals surface area contributed by atoms with Crippen LogP contribution in [0.25, 0.3) is 0 Å². The van der Waals surface area contributed by atoms with E-state index in [2.05, 4.69) is 5.32 Å². The highest BCUT2D eigenvalue weighted by atomic mass is 16.6. The summed E-state index contributed by atoms with van der Waals surface area (Å²) in [5.74, 6) is 0. The van der Waals surface area contributed by atoms with E-state index in [-0.39, 0.29) is 6.09 Å². The van der Waals surface area contributed by atoms with Crippen LogP contribution in [0.1, 0.15) is 34.1 Å². The van der Waals surface area contributed by atoms with Crippen LogP contribution in [-0.4, -0.2) is 26.1 Å². The van der Waals surface area contributed by atoms with Gasteiger partial charge < -0.3 is 10.1 Å². The molecule has 0 saturated carbocycles. The van der Waals surface area contributed by atoms with E-state index in [1.807, 2.05) is 41.6 Å². The van der Waals surface area contributed by atoms with Gasteiger partial charge in [0.25, 0.3) is 0 Å². The summed E-state index contributed by atoms with van der Waals surface area (Å²) in [6.45, 7) is 8.17. The quantitative estimate of drug-likeness (QED) is 0.695. The van der Waals surface area contributed by atoms with Crippen LogP contribution in [-0.2, 0) is 4.74 Å². The Morgan fingerprint density at radius 3 is 2.50 bits per heavy atom. The van der Waals surface area contributed by atoms with Gasteiger partial charge in [-0.1, -0.05) is 6.08 Å². The summed E-state index contributed by atoms with van der Waals surface area (Å²) < 4.78 is 5.08. The van der Waals surface area contributed by atoms with Crippen molar-refractivity contribution in [2.75, 3.05) is 6.54 Å². The van der Waals surface area contributed by atoms with Gasteiger partial charge in [0.15, 0.2) is 0 Å².